The molecule has 6 atom stereocenters. The molecular weight excluding hydrogens is 480 g/mol. The van der Waals surface area contributed by atoms with Crippen LogP contribution in [0.4, 0.5) is 0 Å². The van der Waals surface area contributed by atoms with Crippen molar-refractivity contribution < 1.29 is 24.2 Å². The number of benzene rings is 1. The van der Waals surface area contributed by atoms with E-state index in [-0.39, 0.29) is 23.7 Å². The van der Waals surface area contributed by atoms with Crippen LogP contribution in [0.1, 0.15) is 70.1 Å². The highest BCUT2D eigenvalue weighted by atomic mass is 16.5. The number of aliphatic hydroxyl groups is 1. The van der Waals surface area contributed by atoms with Gasteiger partial charge < -0.3 is 24.3 Å². The van der Waals surface area contributed by atoms with Crippen molar-refractivity contribution in [3.05, 3.63) is 53.5 Å². The minimum absolute atomic E-state index is 0.0819. The molecule has 1 fully saturated rings. The Hall–Kier alpha value is -2.77. The van der Waals surface area contributed by atoms with Gasteiger partial charge in [0.15, 0.2) is 11.5 Å². The van der Waals surface area contributed by atoms with E-state index in [1.54, 1.807) is 41.7 Å². The van der Waals surface area contributed by atoms with Gasteiger partial charge in [-0.3, -0.25) is 9.69 Å². The Morgan fingerprint density at radius 1 is 1.32 bits per heavy atom. The van der Waals surface area contributed by atoms with Gasteiger partial charge in [0.05, 0.1) is 30.1 Å². The quantitative estimate of drug-likeness (QED) is 0.442. The number of ether oxygens (including phenoxy) is 1. The van der Waals surface area contributed by atoms with Crippen LogP contribution in [-0.2, 0) is 10.2 Å². The van der Waals surface area contributed by atoms with E-state index in [1.807, 2.05) is 20.0 Å². The molecule has 0 radical (unpaired) electrons. The summed E-state index contributed by atoms with van der Waals surface area (Å²) in [7, 11) is 1.81. The molecule has 1 saturated heterocycles. The van der Waals surface area contributed by atoms with Crippen LogP contribution in [0.5, 0.6) is 11.5 Å². The first-order valence-corrected chi connectivity index (χ1v) is 14.0. The molecule has 38 heavy (non-hydrogen) atoms. The van der Waals surface area contributed by atoms with Gasteiger partial charge in [0.1, 0.15) is 6.10 Å². The Bertz CT molecular complexity index is 1130. The number of hydrogen-bond acceptors (Lipinski definition) is 6. The molecule has 4 rings (SSSR count). The summed E-state index contributed by atoms with van der Waals surface area (Å²) in [4.78, 5) is 17.5. The molecule has 1 unspecified atom stereocenters. The number of nitrogens with zero attached hydrogens (tertiary/aromatic N) is 2. The second-order valence-electron chi connectivity index (χ2n) is 11.3. The Kier molecular flexibility index (Phi) is 8.58. The third-order valence-corrected chi connectivity index (χ3v) is 8.92. The van der Waals surface area contributed by atoms with Crippen molar-refractivity contribution in [3.63, 3.8) is 0 Å². The fourth-order valence-corrected chi connectivity index (χ4v) is 6.51. The lowest BCUT2D eigenvalue weighted by Gasteiger charge is -2.52. The average molecular weight is 525 g/mol. The number of aromatic hydroxyl groups is 1. The zero-order chi connectivity index (χ0) is 27.6. The molecule has 7 heteroatoms. The maximum absolute atomic E-state index is 13.4. The molecule has 208 valence electrons. The molecule has 0 aliphatic carbocycles. The molecular formula is C31H44N2O5. The second-order valence-corrected chi connectivity index (χ2v) is 11.3. The molecule has 1 aromatic carbocycles. The topological polar surface area (TPSA) is 86.4 Å². The van der Waals surface area contributed by atoms with Gasteiger partial charge in [0.2, 0.25) is 5.91 Å². The number of likely N-dealkylation sites (tertiary alicyclic amines) is 1. The first kappa shape index (κ1) is 28.2. The van der Waals surface area contributed by atoms with Crippen molar-refractivity contribution in [3.8, 4) is 11.5 Å². The molecule has 2 aliphatic heterocycles. The average Bonchev–Trinajstić information content (AvgIpc) is 3.55. The van der Waals surface area contributed by atoms with Crippen molar-refractivity contribution >= 4 is 12.0 Å². The minimum Gasteiger partial charge on any atom is -0.504 e. The first-order chi connectivity index (χ1) is 18.1. The number of amides is 1. The number of fused-ring (bicyclic) bond motifs is 2. The van der Waals surface area contributed by atoms with Crippen molar-refractivity contribution in [1.82, 2.24) is 9.80 Å². The summed E-state index contributed by atoms with van der Waals surface area (Å²) < 4.78 is 11.8. The monoisotopic (exact) mass is 524 g/mol. The smallest absolute Gasteiger partial charge is 0.246 e. The maximum Gasteiger partial charge on any atom is 0.246 e. The van der Waals surface area contributed by atoms with E-state index >= 15 is 0 Å². The zero-order valence-corrected chi connectivity index (χ0v) is 23.7. The lowest BCUT2D eigenvalue weighted by Crippen LogP contribution is -2.66. The van der Waals surface area contributed by atoms with E-state index in [0.717, 1.165) is 42.6 Å². The molecule has 0 saturated carbocycles. The number of carbonyl (C=O) groups excluding carboxylic acids is 1. The SMILES string of the molecule is CCC[C@H]([C@@H]1Oc2c(O)ccc(C)c2[C@@]12CCN(CC(C)CC)[C@H](C)[C@H]2O)N(C)C(=O)/C=C/c1ccoc1. The highest BCUT2D eigenvalue weighted by Crippen LogP contribution is 2.56. The van der Waals surface area contributed by atoms with E-state index < -0.39 is 17.6 Å². The Morgan fingerprint density at radius 2 is 2.08 bits per heavy atom. The van der Waals surface area contributed by atoms with Gasteiger partial charge in [0, 0.05) is 36.8 Å². The fraction of sp³-hybridized carbons (Fsp3) is 0.581. The minimum atomic E-state index is -0.744. The molecule has 2 aromatic rings. The Morgan fingerprint density at radius 3 is 2.74 bits per heavy atom. The van der Waals surface area contributed by atoms with Crippen molar-refractivity contribution in [1.29, 1.82) is 0 Å². The number of aliphatic hydroxyl groups excluding tert-OH is 1. The molecule has 1 aromatic heterocycles. The van der Waals surface area contributed by atoms with Crippen LogP contribution in [0.25, 0.3) is 6.08 Å². The van der Waals surface area contributed by atoms with Crippen molar-refractivity contribution in [2.75, 3.05) is 20.1 Å². The van der Waals surface area contributed by atoms with Gasteiger partial charge in [-0.15, -0.1) is 0 Å². The van der Waals surface area contributed by atoms with E-state index in [4.69, 9.17) is 9.15 Å². The Balaban J connectivity index is 1.74. The van der Waals surface area contributed by atoms with Crippen LogP contribution in [0.3, 0.4) is 0 Å². The van der Waals surface area contributed by atoms with Crippen LogP contribution in [0.15, 0.2) is 41.2 Å². The lowest BCUT2D eigenvalue weighted by atomic mass is 9.62. The molecule has 1 amide bonds. The number of hydrogen-bond donors (Lipinski definition) is 2. The molecule has 7 nitrogen and oxygen atoms in total. The molecule has 0 bridgehead atoms. The summed E-state index contributed by atoms with van der Waals surface area (Å²) in [6, 6.07) is 4.98. The first-order valence-electron chi connectivity index (χ1n) is 14.0. The fourth-order valence-electron chi connectivity index (χ4n) is 6.51. The summed E-state index contributed by atoms with van der Waals surface area (Å²) in [5, 5.41) is 23.0. The zero-order valence-electron chi connectivity index (χ0n) is 23.7. The lowest BCUT2D eigenvalue weighted by molar-refractivity contribution is -0.133. The second kappa shape index (κ2) is 11.5. The summed E-state index contributed by atoms with van der Waals surface area (Å²) in [6.45, 7) is 12.4. The van der Waals surface area contributed by atoms with Crippen molar-refractivity contribution in [2.24, 2.45) is 5.92 Å². The van der Waals surface area contributed by atoms with Gasteiger partial charge in [-0.05, 0) is 62.9 Å². The highest BCUT2D eigenvalue weighted by molar-refractivity contribution is 5.91. The van der Waals surface area contributed by atoms with Crippen LogP contribution < -0.4 is 4.74 Å². The summed E-state index contributed by atoms with van der Waals surface area (Å²) >= 11 is 0. The van der Waals surface area contributed by atoms with E-state index in [2.05, 4.69) is 32.6 Å². The molecule has 3 heterocycles. The predicted molar refractivity (Wildman–Crippen MR) is 149 cm³/mol. The predicted octanol–water partition coefficient (Wildman–Crippen LogP) is 5.13. The van der Waals surface area contributed by atoms with Gasteiger partial charge in [-0.1, -0.05) is 39.7 Å². The number of phenols is 1. The van der Waals surface area contributed by atoms with Gasteiger partial charge in [-0.25, -0.2) is 0 Å². The largest absolute Gasteiger partial charge is 0.504 e. The van der Waals surface area contributed by atoms with Crippen LogP contribution >= 0.6 is 0 Å². The van der Waals surface area contributed by atoms with Crippen LogP contribution in [-0.4, -0.2) is 70.3 Å². The number of furan rings is 1. The number of carbonyl (C=O) groups is 1. The highest BCUT2D eigenvalue weighted by Gasteiger charge is 2.61. The molecule has 2 aliphatic rings. The summed E-state index contributed by atoms with van der Waals surface area (Å²) in [6.07, 6.45) is 8.57. The third-order valence-electron chi connectivity index (χ3n) is 8.92. The van der Waals surface area contributed by atoms with E-state index in [9.17, 15) is 15.0 Å². The Labute approximate surface area is 227 Å². The standard InChI is InChI=1S/C31H44N2O5/c1-7-9-24(32(6)26(35)13-11-23-14-17-37-19-23)30-31(27-21(4)10-12-25(34)28(27)38-30)15-16-33(18-20(3)8-2)22(5)29(31)36/h10-14,17,19-20,22,24,29-30,34,36H,7-9,15-16,18H2,1-6H3/b13-11+/t20?,22-,24-,29-,30+,31-/m1/s1. The van der Waals surface area contributed by atoms with Gasteiger partial charge in [-0.2, -0.15) is 0 Å². The third kappa shape index (κ3) is 4.98. The maximum atomic E-state index is 13.4. The van der Waals surface area contributed by atoms with Gasteiger partial charge >= 0.3 is 0 Å². The van der Waals surface area contributed by atoms with E-state index in [0.29, 0.717) is 24.5 Å². The van der Waals surface area contributed by atoms with E-state index in [1.165, 1.54) is 0 Å². The molecule has 2 N–H and O–H groups in total. The number of phenolic OH excluding ortho intramolecular Hbond substituents is 1. The van der Waals surface area contributed by atoms with Gasteiger partial charge in [0.25, 0.3) is 0 Å². The molecule has 1 spiro atoms. The number of rotatable bonds is 9. The summed E-state index contributed by atoms with van der Waals surface area (Å²) in [5.41, 5.74) is 1.96. The number of likely N-dealkylation sites (N-methyl/N-ethyl adjacent to an activating group) is 1. The number of aryl methyl sites for hydroxylation is 1. The number of piperidine rings is 1. The normalized spacial score (nSPS) is 26.9. The van der Waals surface area contributed by atoms with Crippen LogP contribution in [0.2, 0.25) is 0 Å². The van der Waals surface area contributed by atoms with Crippen LogP contribution in [0, 0.1) is 12.8 Å². The summed E-state index contributed by atoms with van der Waals surface area (Å²) in [5.74, 6) is 0.925. The van der Waals surface area contributed by atoms with Crippen molar-refractivity contribution in [2.45, 2.75) is 90.0 Å².